The van der Waals surface area contributed by atoms with Crippen LogP contribution in [0.4, 0.5) is 0 Å². The molecule has 2 N–H and O–H groups in total. The number of hydrogen-bond donors (Lipinski definition) is 2. The highest BCUT2D eigenvalue weighted by molar-refractivity contribution is 5.94. The summed E-state index contributed by atoms with van der Waals surface area (Å²) in [5.74, 6) is 2.75. The summed E-state index contributed by atoms with van der Waals surface area (Å²) in [7, 11) is 1.61. The molecule has 0 aromatic heterocycles. The molecule has 144 valence electrons. The lowest BCUT2D eigenvalue weighted by molar-refractivity contribution is -0.116. The maximum absolute atomic E-state index is 12.2. The van der Waals surface area contributed by atoms with Gasteiger partial charge in [-0.3, -0.25) is 9.59 Å². The molecule has 0 unspecified atom stereocenters. The third-order valence-corrected chi connectivity index (χ3v) is 6.95. The van der Waals surface area contributed by atoms with Gasteiger partial charge in [0.15, 0.2) is 0 Å². The molecule has 27 heavy (non-hydrogen) atoms. The summed E-state index contributed by atoms with van der Waals surface area (Å²) in [6.07, 6.45) is 13.1. The SMILES string of the molecule is CNC(=O)c1ccc(C=CC(=O)NCCC23CC4CC(CC(C4)C2)C3)cc1. The standard InChI is InChI=1S/C23H30N2O2/c1-24-22(27)20-5-2-16(3-6-20)4-7-21(26)25-9-8-23-13-17-10-18(14-23)12-19(11-17)15-23/h2-7,17-19H,8-15H2,1H3,(H,24,27)(H,25,26). The Balaban J connectivity index is 1.25. The molecule has 2 amide bonds. The monoisotopic (exact) mass is 366 g/mol. The minimum atomic E-state index is -0.104. The van der Waals surface area contributed by atoms with E-state index in [9.17, 15) is 9.59 Å². The Hall–Kier alpha value is -2.10. The molecule has 4 aliphatic carbocycles. The molecule has 4 aliphatic rings. The van der Waals surface area contributed by atoms with Gasteiger partial charge in [-0.15, -0.1) is 0 Å². The van der Waals surface area contributed by atoms with E-state index in [0.717, 1.165) is 36.3 Å². The van der Waals surface area contributed by atoms with Crippen LogP contribution in [0.1, 0.15) is 60.9 Å². The van der Waals surface area contributed by atoms with Crippen molar-refractivity contribution in [3.8, 4) is 0 Å². The molecule has 5 rings (SSSR count). The number of benzene rings is 1. The molecule has 1 aromatic rings. The van der Waals surface area contributed by atoms with E-state index in [-0.39, 0.29) is 11.8 Å². The van der Waals surface area contributed by atoms with Crippen molar-refractivity contribution in [2.45, 2.75) is 44.9 Å². The summed E-state index contributed by atoms with van der Waals surface area (Å²) in [4.78, 5) is 23.7. The van der Waals surface area contributed by atoms with Crippen molar-refractivity contribution in [1.29, 1.82) is 0 Å². The van der Waals surface area contributed by atoms with Gasteiger partial charge >= 0.3 is 0 Å². The molecular formula is C23H30N2O2. The largest absolute Gasteiger partial charge is 0.355 e. The first-order valence-electron chi connectivity index (χ1n) is 10.3. The predicted molar refractivity (Wildman–Crippen MR) is 107 cm³/mol. The van der Waals surface area contributed by atoms with E-state index in [0.29, 0.717) is 11.0 Å². The molecular weight excluding hydrogens is 336 g/mol. The van der Waals surface area contributed by atoms with Gasteiger partial charge in [0.2, 0.25) is 5.91 Å². The maximum Gasteiger partial charge on any atom is 0.251 e. The summed E-state index contributed by atoms with van der Waals surface area (Å²) in [6, 6.07) is 7.24. The minimum absolute atomic E-state index is 0.0323. The van der Waals surface area contributed by atoms with E-state index in [1.165, 1.54) is 38.5 Å². The van der Waals surface area contributed by atoms with E-state index in [1.807, 2.05) is 12.1 Å². The molecule has 1 aromatic carbocycles. The first-order valence-corrected chi connectivity index (χ1v) is 10.3. The zero-order valence-electron chi connectivity index (χ0n) is 16.2. The normalized spacial score (nSPS) is 31.2. The van der Waals surface area contributed by atoms with Gasteiger partial charge in [0.25, 0.3) is 5.91 Å². The van der Waals surface area contributed by atoms with Crippen molar-refractivity contribution in [3.05, 3.63) is 41.5 Å². The molecule has 4 nitrogen and oxygen atoms in total. The van der Waals surface area contributed by atoms with Crippen LogP contribution in [-0.4, -0.2) is 25.4 Å². The fraction of sp³-hybridized carbons (Fsp3) is 0.565. The topological polar surface area (TPSA) is 58.2 Å². The van der Waals surface area contributed by atoms with Gasteiger partial charge in [-0.2, -0.15) is 0 Å². The highest BCUT2D eigenvalue weighted by Crippen LogP contribution is 2.61. The molecule has 4 fully saturated rings. The Kier molecular flexibility index (Phi) is 5.07. The average Bonchev–Trinajstić information content (AvgIpc) is 2.65. The quantitative estimate of drug-likeness (QED) is 0.753. The van der Waals surface area contributed by atoms with Crippen LogP contribution in [-0.2, 0) is 4.79 Å². The van der Waals surface area contributed by atoms with Gasteiger partial charge in [-0.05, 0) is 91.9 Å². The third-order valence-electron chi connectivity index (χ3n) is 6.95. The van der Waals surface area contributed by atoms with Crippen molar-refractivity contribution in [2.24, 2.45) is 23.2 Å². The molecule has 0 atom stereocenters. The number of nitrogens with one attached hydrogen (secondary N) is 2. The van der Waals surface area contributed by atoms with Crippen LogP contribution in [0, 0.1) is 23.2 Å². The summed E-state index contributed by atoms with van der Waals surface area (Å²) >= 11 is 0. The Morgan fingerprint density at radius 2 is 1.63 bits per heavy atom. The Morgan fingerprint density at radius 3 is 2.19 bits per heavy atom. The van der Waals surface area contributed by atoms with Crippen LogP contribution < -0.4 is 10.6 Å². The second kappa shape index (κ2) is 7.49. The van der Waals surface area contributed by atoms with Crippen LogP contribution >= 0.6 is 0 Å². The molecule has 0 spiro atoms. The third kappa shape index (κ3) is 4.10. The number of amides is 2. The van der Waals surface area contributed by atoms with E-state index < -0.39 is 0 Å². The number of carbonyl (C=O) groups excluding carboxylic acids is 2. The number of hydrogen-bond acceptors (Lipinski definition) is 2. The highest BCUT2D eigenvalue weighted by Gasteiger charge is 2.50. The second-order valence-electron chi connectivity index (χ2n) is 8.99. The first kappa shape index (κ1) is 18.3. The van der Waals surface area contributed by atoms with Crippen molar-refractivity contribution >= 4 is 17.9 Å². The molecule has 0 saturated heterocycles. The fourth-order valence-electron chi connectivity index (χ4n) is 6.17. The van der Waals surface area contributed by atoms with Gasteiger partial charge in [0, 0.05) is 25.2 Å². The van der Waals surface area contributed by atoms with E-state index >= 15 is 0 Å². The van der Waals surface area contributed by atoms with E-state index in [4.69, 9.17) is 0 Å². The lowest BCUT2D eigenvalue weighted by Crippen LogP contribution is -2.47. The average molecular weight is 367 g/mol. The smallest absolute Gasteiger partial charge is 0.251 e. The maximum atomic E-state index is 12.2. The predicted octanol–water partition coefficient (Wildman–Crippen LogP) is 3.78. The minimum Gasteiger partial charge on any atom is -0.355 e. The van der Waals surface area contributed by atoms with Crippen LogP contribution in [0.3, 0.4) is 0 Å². The molecule has 4 bridgehead atoms. The first-order chi connectivity index (χ1) is 13.0. The lowest BCUT2D eigenvalue weighted by atomic mass is 9.49. The van der Waals surface area contributed by atoms with Crippen LogP contribution in [0.25, 0.3) is 6.08 Å². The Labute approximate surface area is 161 Å². The van der Waals surface area contributed by atoms with Gasteiger partial charge in [0.1, 0.15) is 0 Å². The van der Waals surface area contributed by atoms with Crippen LogP contribution in [0.2, 0.25) is 0 Å². The van der Waals surface area contributed by atoms with Crippen molar-refractivity contribution in [2.75, 3.05) is 13.6 Å². The molecule has 4 heteroatoms. The van der Waals surface area contributed by atoms with Gasteiger partial charge in [-0.25, -0.2) is 0 Å². The molecule has 0 heterocycles. The number of carbonyl (C=O) groups is 2. The van der Waals surface area contributed by atoms with Gasteiger partial charge < -0.3 is 10.6 Å². The van der Waals surface area contributed by atoms with Crippen LogP contribution in [0.15, 0.2) is 30.3 Å². The summed E-state index contributed by atoms with van der Waals surface area (Å²) in [6.45, 7) is 0.783. The van der Waals surface area contributed by atoms with Gasteiger partial charge in [-0.1, -0.05) is 12.1 Å². The summed E-state index contributed by atoms with van der Waals surface area (Å²) in [5.41, 5.74) is 2.05. The van der Waals surface area contributed by atoms with Gasteiger partial charge in [0.05, 0.1) is 0 Å². The van der Waals surface area contributed by atoms with Crippen molar-refractivity contribution in [1.82, 2.24) is 10.6 Å². The van der Waals surface area contributed by atoms with Crippen LogP contribution in [0.5, 0.6) is 0 Å². The summed E-state index contributed by atoms with van der Waals surface area (Å²) in [5, 5.41) is 5.68. The Bertz CT molecular complexity index is 700. The second-order valence-corrected chi connectivity index (χ2v) is 8.99. The molecule has 4 saturated carbocycles. The highest BCUT2D eigenvalue weighted by atomic mass is 16.2. The lowest BCUT2D eigenvalue weighted by Gasteiger charge is -2.57. The molecule has 0 aliphatic heterocycles. The Morgan fingerprint density at radius 1 is 1.04 bits per heavy atom. The van der Waals surface area contributed by atoms with Crippen molar-refractivity contribution < 1.29 is 9.59 Å². The zero-order chi connectivity index (χ0) is 18.9. The van der Waals surface area contributed by atoms with Crippen molar-refractivity contribution in [3.63, 3.8) is 0 Å². The fourth-order valence-corrected chi connectivity index (χ4v) is 6.17. The molecule has 0 radical (unpaired) electrons. The zero-order valence-corrected chi connectivity index (χ0v) is 16.2. The van der Waals surface area contributed by atoms with E-state index in [2.05, 4.69) is 10.6 Å². The number of rotatable bonds is 6. The summed E-state index contributed by atoms with van der Waals surface area (Å²) < 4.78 is 0. The van der Waals surface area contributed by atoms with E-state index in [1.54, 1.807) is 31.3 Å².